The van der Waals surface area contributed by atoms with Gasteiger partial charge in [0.25, 0.3) is 0 Å². The Bertz CT molecular complexity index is 523. The maximum Gasteiger partial charge on any atom is 0.217 e. The highest BCUT2D eigenvalue weighted by Gasteiger charge is 2.21. The SMILES string of the molecule is COc1ccc(NC2CCC(NC(C)=O)CC2)cc1OC(C)C. The number of benzene rings is 1. The molecular weight excluding hydrogens is 292 g/mol. The van der Waals surface area contributed by atoms with E-state index in [9.17, 15) is 4.79 Å². The predicted molar refractivity (Wildman–Crippen MR) is 92.2 cm³/mol. The summed E-state index contributed by atoms with van der Waals surface area (Å²) in [5.74, 6) is 1.57. The van der Waals surface area contributed by atoms with Gasteiger partial charge in [0.2, 0.25) is 5.91 Å². The smallest absolute Gasteiger partial charge is 0.217 e. The number of hydrogen-bond donors (Lipinski definition) is 2. The van der Waals surface area contributed by atoms with Gasteiger partial charge in [0.05, 0.1) is 13.2 Å². The van der Waals surface area contributed by atoms with Crippen LogP contribution in [0.4, 0.5) is 5.69 Å². The Labute approximate surface area is 138 Å². The summed E-state index contributed by atoms with van der Waals surface area (Å²) in [6.07, 6.45) is 4.24. The third-order valence-electron chi connectivity index (χ3n) is 4.03. The van der Waals surface area contributed by atoms with Gasteiger partial charge in [-0.1, -0.05) is 0 Å². The summed E-state index contributed by atoms with van der Waals surface area (Å²) in [7, 11) is 1.65. The molecule has 1 saturated carbocycles. The Kier molecular flexibility index (Phi) is 6.13. The van der Waals surface area contributed by atoms with Crippen molar-refractivity contribution in [2.45, 2.75) is 64.6 Å². The van der Waals surface area contributed by atoms with Crippen LogP contribution in [0, 0.1) is 0 Å². The van der Waals surface area contributed by atoms with Gasteiger partial charge in [0.15, 0.2) is 11.5 Å². The molecule has 23 heavy (non-hydrogen) atoms. The number of anilines is 1. The van der Waals surface area contributed by atoms with E-state index in [0.717, 1.165) is 42.9 Å². The van der Waals surface area contributed by atoms with Crippen molar-refractivity contribution in [1.29, 1.82) is 0 Å². The fourth-order valence-corrected chi connectivity index (χ4v) is 3.02. The molecule has 0 aromatic heterocycles. The number of hydrogen-bond acceptors (Lipinski definition) is 4. The van der Waals surface area contributed by atoms with Crippen molar-refractivity contribution in [2.24, 2.45) is 0 Å². The average molecular weight is 320 g/mol. The number of amides is 1. The van der Waals surface area contributed by atoms with Gasteiger partial charge < -0.3 is 20.1 Å². The number of nitrogens with one attached hydrogen (secondary N) is 2. The van der Waals surface area contributed by atoms with Gasteiger partial charge in [0, 0.05) is 30.8 Å². The Balaban J connectivity index is 1.94. The van der Waals surface area contributed by atoms with Crippen LogP contribution in [0.15, 0.2) is 18.2 Å². The van der Waals surface area contributed by atoms with E-state index in [2.05, 4.69) is 10.6 Å². The van der Waals surface area contributed by atoms with Gasteiger partial charge in [-0.25, -0.2) is 0 Å². The van der Waals surface area contributed by atoms with Gasteiger partial charge in [-0.15, -0.1) is 0 Å². The zero-order chi connectivity index (χ0) is 16.8. The van der Waals surface area contributed by atoms with E-state index in [1.54, 1.807) is 14.0 Å². The number of carbonyl (C=O) groups excluding carboxylic acids is 1. The first-order valence-corrected chi connectivity index (χ1v) is 8.36. The highest BCUT2D eigenvalue weighted by atomic mass is 16.5. The van der Waals surface area contributed by atoms with Gasteiger partial charge in [-0.2, -0.15) is 0 Å². The van der Waals surface area contributed by atoms with E-state index in [1.807, 2.05) is 32.0 Å². The summed E-state index contributed by atoms with van der Waals surface area (Å²) in [5.41, 5.74) is 1.05. The standard InChI is InChI=1S/C18H28N2O3/c1-12(2)23-18-11-16(9-10-17(18)22-4)20-15-7-5-14(6-8-15)19-13(3)21/h9-12,14-15,20H,5-8H2,1-4H3,(H,19,21). The van der Waals surface area contributed by atoms with Gasteiger partial charge >= 0.3 is 0 Å². The largest absolute Gasteiger partial charge is 0.493 e. The molecule has 0 unspecified atom stereocenters. The molecule has 2 rings (SSSR count). The fraction of sp³-hybridized carbons (Fsp3) is 0.611. The van der Waals surface area contributed by atoms with E-state index >= 15 is 0 Å². The monoisotopic (exact) mass is 320 g/mol. The summed E-state index contributed by atoms with van der Waals surface area (Å²) in [5, 5.41) is 6.58. The molecule has 1 aromatic carbocycles. The highest BCUT2D eigenvalue weighted by Crippen LogP contribution is 2.32. The van der Waals surface area contributed by atoms with Crippen LogP contribution in [0.1, 0.15) is 46.5 Å². The molecule has 0 atom stereocenters. The third-order valence-corrected chi connectivity index (χ3v) is 4.03. The van der Waals surface area contributed by atoms with Crippen molar-refractivity contribution in [2.75, 3.05) is 12.4 Å². The van der Waals surface area contributed by atoms with E-state index in [-0.39, 0.29) is 12.0 Å². The second kappa shape index (κ2) is 8.09. The molecule has 0 bridgehead atoms. The summed E-state index contributed by atoms with van der Waals surface area (Å²) in [6.45, 7) is 5.59. The Morgan fingerprint density at radius 1 is 1.13 bits per heavy atom. The molecule has 0 spiro atoms. The summed E-state index contributed by atoms with van der Waals surface area (Å²) < 4.78 is 11.2. The number of rotatable bonds is 6. The Morgan fingerprint density at radius 2 is 1.78 bits per heavy atom. The van der Waals surface area contributed by atoms with Crippen molar-refractivity contribution in [3.63, 3.8) is 0 Å². The van der Waals surface area contributed by atoms with Crippen molar-refractivity contribution >= 4 is 11.6 Å². The molecule has 5 nitrogen and oxygen atoms in total. The average Bonchev–Trinajstić information content (AvgIpc) is 2.48. The minimum atomic E-state index is 0.0621. The molecule has 1 aliphatic rings. The van der Waals surface area contributed by atoms with Gasteiger partial charge in [0.1, 0.15) is 0 Å². The molecule has 0 aliphatic heterocycles. The van der Waals surface area contributed by atoms with E-state index in [1.165, 1.54) is 0 Å². The molecule has 1 aliphatic carbocycles. The molecule has 5 heteroatoms. The second-order valence-electron chi connectivity index (χ2n) is 6.43. The Morgan fingerprint density at radius 3 is 2.35 bits per heavy atom. The molecule has 128 valence electrons. The topological polar surface area (TPSA) is 59.6 Å². The normalized spacial score (nSPS) is 20.9. The van der Waals surface area contributed by atoms with E-state index < -0.39 is 0 Å². The number of carbonyl (C=O) groups is 1. The van der Waals surface area contributed by atoms with E-state index in [4.69, 9.17) is 9.47 Å². The lowest BCUT2D eigenvalue weighted by atomic mass is 9.91. The van der Waals surface area contributed by atoms with Crippen LogP contribution in [-0.4, -0.2) is 31.2 Å². The Hall–Kier alpha value is -1.91. The predicted octanol–water partition coefficient (Wildman–Crippen LogP) is 3.34. The first-order valence-electron chi connectivity index (χ1n) is 8.36. The highest BCUT2D eigenvalue weighted by molar-refractivity contribution is 5.73. The number of methoxy groups -OCH3 is 1. The lowest BCUT2D eigenvalue weighted by Gasteiger charge is -2.30. The van der Waals surface area contributed by atoms with Crippen LogP contribution in [0.25, 0.3) is 0 Å². The maximum absolute atomic E-state index is 11.1. The maximum atomic E-state index is 11.1. The minimum absolute atomic E-state index is 0.0621. The first kappa shape index (κ1) is 17.4. The van der Waals surface area contributed by atoms with Crippen LogP contribution in [-0.2, 0) is 4.79 Å². The summed E-state index contributed by atoms with van der Waals surface area (Å²) in [6, 6.07) is 6.70. The molecule has 0 radical (unpaired) electrons. The van der Waals surface area contributed by atoms with Crippen molar-refractivity contribution in [3.8, 4) is 11.5 Å². The number of ether oxygens (including phenoxy) is 2. The van der Waals surface area contributed by atoms with Gasteiger partial charge in [-0.3, -0.25) is 4.79 Å². The first-order chi connectivity index (χ1) is 11.0. The molecule has 0 heterocycles. The second-order valence-corrected chi connectivity index (χ2v) is 6.43. The van der Waals surface area contributed by atoms with Crippen LogP contribution in [0.2, 0.25) is 0 Å². The van der Waals surface area contributed by atoms with Gasteiger partial charge in [-0.05, 0) is 51.7 Å². The molecule has 0 saturated heterocycles. The van der Waals surface area contributed by atoms with Crippen molar-refractivity contribution in [3.05, 3.63) is 18.2 Å². The fourth-order valence-electron chi connectivity index (χ4n) is 3.02. The lowest BCUT2D eigenvalue weighted by molar-refractivity contribution is -0.119. The third kappa shape index (κ3) is 5.34. The van der Waals surface area contributed by atoms with Crippen LogP contribution in [0.5, 0.6) is 11.5 Å². The van der Waals surface area contributed by atoms with Crippen LogP contribution < -0.4 is 20.1 Å². The van der Waals surface area contributed by atoms with E-state index in [0.29, 0.717) is 12.1 Å². The minimum Gasteiger partial charge on any atom is -0.493 e. The van der Waals surface area contributed by atoms with Crippen molar-refractivity contribution in [1.82, 2.24) is 5.32 Å². The molecule has 1 amide bonds. The quantitative estimate of drug-likeness (QED) is 0.844. The molecular formula is C18H28N2O3. The van der Waals surface area contributed by atoms with Crippen LogP contribution in [0.3, 0.4) is 0 Å². The van der Waals surface area contributed by atoms with Crippen molar-refractivity contribution < 1.29 is 14.3 Å². The summed E-state index contributed by atoms with van der Waals surface area (Å²) in [4.78, 5) is 11.1. The lowest BCUT2D eigenvalue weighted by Crippen LogP contribution is -2.39. The molecule has 1 aromatic rings. The molecule has 2 N–H and O–H groups in total. The summed E-state index contributed by atoms with van der Waals surface area (Å²) >= 11 is 0. The zero-order valence-electron chi connectivity index (χ0n) is 14.5. The molecule has 1 fully saturated rings. The zero-order valence-corrected chi connectivity index (χ0v) is 14.5. The van der Waals surface area contributed by atoms with Crippen LogP contribution >= 0.6 is 0 Å².